The molecule has 0 unspecified atom stereocenters. The van der Waals surface area contributed by atoms with Crippen LogP contribution in [0, 0.1) is 0 Å². The molecule has 4 heteroatoms. The molecule has 0 aliphatic carbocycles. The van der Waals surface area contributed by atoms with E-state index in [4.69, 9.17) is 9.52 Å². The van der Waals surface area contributed by atoms with Crippen LogP contribution in [0.15, 0.2) is 35.2 Å². The maximum absolute atomic E-state index is 8.78. The standard InChI is InChI=1S/C11H10N2O2/c14-7-10-8-15-11(13-10)2-1-9-3-5-12-6-4-9/h1-6,8,14H,7H2. The molecule has 15 heavy (non-hydrogen) atoms. The number of aliphatic hydroxyl groups excluding tert-OH is 1. The highest BCUT2D eigenvalue weighted by molar-refractivity contribution is 5.65. The molecule has 0 aliphatic heterocycles. The molecular weight excluding hydrogens is 192 g/mol. The lowest BCUT2D eigenvalue weighted by atomic mass is 10.2. The second-order valence-corrected chi connectivity index (χ2v) is 2.95. The zero-order chi connectivity index (χ0) is 10.5. The summed E-state index contributed by atoms with van der Waals surface area (Å²) in [4.78, 5) is 7.94. The first-order chi connectivity index (χ1) is 7.38. The Kier molecular flexibility index (Phi) is 2.90. The number of hydrogen-bond acceptors (Lipinski definition) is 4. The maximum Gasteiger partial charge on any atom is 0.218 e. The topological polar surface area (TPSA) is 59.2 Å². The average molecular weight is 202 g/mol. The minimum Gasteiger partial charge on any atom is -0.445 e. The molecule has 0 saturated carbocycles. The van der Waals surface area contributed by atoms with Gasteiger partial charge in [0.1, 0.15) is 12.0 Å². The molecule has 0 fully saturated rings. The second kappa shape index (κ2) is 4.52. The van der Waals surface area contributed by atoms with Crippen molar-refractivity contribution in [1.82, 2.24) is 9.97 Å². The Morgan fingerprint density at radius 2 is 2.07 bits per heavy atom. The van der Waals surface area contributed by atoms with E-state index in [1.165, 1.54) is 6.26 Å². The summed E-state index contributed by atoms with van der Waals surface area (Å²) in [5, 5.41) is 8.78. The summed E-state index contributed by atoms with van der Waals surface area (Å²) < 4.78 is 5.10. The van der Waals surface area contributed by atoms with Crippen LogP contribution in [-0.2, 0) is 6.61 Å². The maximum atomic E-state index is 8.78. The van der Waals surface area contributed by atoms with Crippen molar-refractivity contribution < 1.29 is 9.52 Å². The van der Waals surface area contributed by atoms with E-state index < -0.39 is 0 Å². The molecule has 2 rings (SSSR count). The van der Waals surface area contributed by atoms with Gasteiger partial charge in [0.15, 0.2) is 0 Å². The van der Waals surface area contributed by atoms with Crippen LogP contribution in [0.5, 0.6) is 0 Å². The van der Waals surface area contributed by atoms with Gasteiger partial charge in [-0.05, 0) is 23.8 Å². The fourth-order valence-electron chi connectivity index (χ4n) is 1.11. The molecule has 0 atom stereocenters. The van der Waals surface area contributed by atoms with Crippen molar-refractivity contribution in [2.24, 2.45) is 0 Å². The fraction of sp³-hybridized carbons (Fsp3) is 0.0909. The zero-order valence-electron chi connectivity index (χ0n) is 8.00. The highest BCUT2D eigenvalue weighted by atomic mass is 16.3. The van der Waals surface area contributed by atoms with Gasteiger partial charge in [0.2, 0.25) is 5.89 Å². The third-order valence-corrected chi connectivity index (χ3v) is 1.86. The minimum absolute atomic E-state index is 0.105. The molecule has 76 valence electrons. The van der Waals surface area contributed by atoms with Crippen LogP contribution < -0.4 is 0 Å². The molecule has 0 aromatic carbocycles. The Morgan fingerprint density at radius 1 is 1.27 bits per heavy atom. The van der Waals surface area contributed by atoms with E-state index in [0.717, 1.165) is 5.56 Å². The van der Waals surface area contributed by atoms with E-state index in [-0.39, 0.29) is 6.61 Å². The van der Waals surface area contributed by atoms with Gasteiger partial charge in [0.05, 0.1) is 6.61 Å². The molecule has 2 aromatic heterocycles. The first-order valence-electron chi connectivity index (χ1n) is 4.52. The lowest BCUT2D eigenvalue weighted by Gasteiger charge is -1.88. The van der Waals surface area contributed by atoms with Crippen LogP contribution in [0.2, 0.25) is 0 Å². The lowest BCUT2D eigenvalue weighted by Crippen LogP contribution is -1.81. The molecule has 0 amide bonds. The van der Waals surface area contributed by atoms with E-state index in [1.54, 1.807) is 18.5 Å². The predicted molar refractivity (Wildman–Crippen MR) is 55.6 cm³/mol. The summed E-state index contributed by atoms with van der Waals surface area (Å²) in [5.74, 6) is 0.482. The number of pyridine rings is 1. The number of aromatic nitrogens is 2. The molecule has 0 radical (unpaired) electrons. The summed E-state index contributed by atoms with van der Waals surface area (Å²) in [6.07, 6.45) is 8.48. The first-order valence-corrected chi connectivity index (χ1v) is 4.52. The van der Waals surface area contributed by atoms with Gasteiger partial charge >= 0.3 is 0 Å². The van der Waals surface area contributed by atoms with Crippen molar-refractivity contribution in [1.29, 1.82) is 0 Å². The Balaban J connectivity index is 2.11. The third kappa shape index (κ3) is 2.51. The second-order valence-electron chi connectivity index (χ2n) is 2.95. The van der Waals surface area contributed by atoms with Crippen LogP contribution in [0.4, 0.5) is 0 Å². The van der Waals surface area contributed by atoms with Gasteiger partial charge in [-0.2, -0.15) is 0 Å². The van der Waals surface area contributed by atoms with Crippen molar-refractivity contribution in [3.05, 3.63) is 47.9 Å². The monoisotopic (exact) mass is 202 g/mol. The summed E-state index contributed by atoms with van der Waals surface area (Å²) in [6, 6.07) is 3.76. The molecular formula is C11H10N2O2. The lowest BCUT2D eigenvalue weighted by molar-refractivity contribution is 0.276. The number of rotatable bonds is 3. The molecule has 2 heterocycles. The number of aliphatic hydroxyl groups is 1. The molecule has 0 bridgehead atoms. The van der Waals surface area contributed by atoms with Gasteiger partial charge in [-0.15, -0.1) is 0 Å². The zero-order valence-corrected chi connectivity index (χ0v) is 8.00. The Labute approximate surface area is 86.9 Å². The summed E-state index contributed by atoms with van der Waals surface area (Å²) in [6.45, 7) is -0.105. The largest absolute Gasteiger partial charge is 0.445 e. The van der Waals surface area contributed by atoms with E-state index in [9.17, 15) is 0 Å². The van der Waals surface area contributed by atoms with E-state index >= 15 is 0 Å². The highest BCUT2D eigenvalue weighted by Gasteiger charge is 1.97. The van der Waals surface area contributed by atoms with Crippen molar-refractivity contribution in [2.75, 3.05) is 0 Å². The van der Waals surface area contributed by atoms with E-state index in [2.05, 4.69) is 9.97 Å². The number of hydrogen-bond donors (Lipinski definition) is 1. The van der Waals surface area contributed by atoms with Gasteiger partial charge < -0.3 is 9.52 Å². The molecule has 0 aliphatic rings. The Bertz CT molecular complexity index is 449. The van der Waals surface area contributed by atoms with Crippen molar-refractivity contribution >= 4 is 12.2 Å². The van der Waals surface area contributed by atoms with Crippen LogP contribution in [0.25, 0.3) is 12.2 Å². The Hall–Kier alpha value is -1.94. The average Bonchev–Trinajstić information content (AvgIpc) is 2.76. The molecule has 0 spiro atoms. The van der Waals surface area contributed by atoms with Gasteiger partial charge in [0, 0.05) is 18.5 Å². The van der Waals surface area contributed by atoms with Crippen LogP contribution in [0.3, 0.4) is 0 Å². The highest BCUT2D eigenvalue weighted by Crippen LogP contribution is 2.07. The summed E-state index contributed by atoms with van der Waals surface area (Å²) in [7, 11) is 0. The van der Waals surface area contributed by atoms with Gasteiger partial charge in [-0.3, -0.25) is 4.98 Å². The predicted octanol–water partition coefficient (Wildman–Crippen LogP) is 1.73. The summed E-state index contributed by atoms with van der Waals surface area (Å²) >= 11 is 0. The third-order valence-electron chi connectivity index (χ3n) is 1.86. The normalized spacial score (nSPS) is 11.0. The van der Waals surface area contributed by atoms with Crippen molar-refractivity contribution in [2.45, 2.75) is 6.61 Å². The van der Waals surface area contributed by atoms with Crippen LogP contribution >= 0.6 is 0 Å². The summed E-state index contributed by atoms with van der Waals surface area (Å²) in [5.41, 5.74) is 1.55. The van der Waals surface area contributed by atoms with Crippen LogP contribution in [-0.4, -0.2) is 15.1 Å². The fourth-order valence-corrected chi connectivity index (χ4v) is 1.11. The molecule has 1 N–H and O–H groups in total. The number of oxazole rings is 1. The van der Waals surface area contributed by atoms with E-state index in [1.807, 2.05) is 18.2 Å². The SMILES string of the molecule is OCc1coc(C=Cc2ccncc2)n1. The van der Waals surface area contributed by atoms with Crippen molar-refractivity contribution in [3.8, 4) is 0 Å². The molecule has 2 aromatic rings. The van der Waals surface area contributed by atoms with E-state index in [0.29, 0.717) is 11.6 Å². The van der Waals surface area contributed by atoms with Crippen molar-refractivity contribution in [3.63, 3.8) is 0 Å². The van der Waals surface area contributed by atoms with Gasteiger partial charge in [0.25, 0.3) is 0 Å². The molecule has 0 saturated heterocycles. The quantitative estimate of drug-likeness (QED) is 0.823. The molecule has 4 nitrogen and oxygen atoms in total. The van der Waals surface area contributed by atoms with Gasteiger partial charge in [-0.1, -0.05) is 0 Å². The smallest absolute Gasteiger partial charge is 0.218 e. The Morgan fingerprint density at radius 3 is 2.73 bits per heavy atom. The van der Waals surface area contributed by atoms with Crippen LogP contribution in [0.1, 0.15) is 17.1 Å². The minimum atomic E-state index is -0.105. The van der Waals surface area contributed by atoms with Gasteiger partial charge in [-0.25, -0.2) is 4.98 Å². The number of nitrogens with zero attached hydrogens (tertiary/aromatic N) is 2. The first kappa shape index (κ1) is 9.61.